The Hall–Kier alpha value is -2.62. The number of piperidine rings is 1. The highest BCUT2D eigenvalue weighted by molar-refractivity contribution is 6.00. The zero-order valence-corrected chi connectivity index (χ0v) is 28.2. The second kappa shape index (κ2) is 15.6. The first-order valence-electron chi connectivity index (χ1n) is 15.9. The molecule has 1 aliphatic carbocycles. The average molecular weight is 651 g/mol. The monoisotopic (exact) mass is 649 g/mol. The molecule has 1 aromatic heterocycles. The Morgan fingerprint density at radius 1 is 1.05 bits per heavy atom. The van der Waals surface area contributed by atoms with Gasteiger partial charge in [-0.15, -0.1) is 24.8 Å². The van der Waals surface area contributed by atoms with Crippen LogP contribution in [0.15, 0.2) is 24.3 Å². The Morgan fingerprint density at radius 2 is 1.70 bits per heavy atom. The largest absolute Gasteiger partial charge is 0.465 e. The Kier molecular flexibility index (Phi) is 12.7. The third-order valence-corrected chi connectivity index (χ3v) is 9.88. The van der Waals surface area contributed by atoms with E-state index in [1.165, 1.54) is 44.8 Å². The number of esters is 1. The van der Waals surface area contributed by atoms with E-state index in [-0.39, 0.29) is 48.6 Å². The summed E-state index contributed by atoms with van der Waals surface area (Å²) in [6.45, 7) is 9.12. The minimum Gasteiger partial charge on any atom is -0.465 e. The van der Waals surface area contributed by atoms with Crippen LogP contribution >= 0.6 is 24.8 Å². The van der Waals surface area contributed by atoms with Crippen LogP contribution in [0.5, 0.6) is 0 Å². The van der Waals surface area contributed by atoms with Crippen LogP contribution in [-0.4, -0.2) is 75.7 Å². The van der Waals surface area contributed by atoms with E-state index in [4.69, 9.17) is 9.84 Å². The van der Waals surface area contributed by atoms with Crippen molar-refractivity contribution in [1.29, 1.82) is 0 Å². The fourth-order valence-corrected chi connectivity index (χ4v) is 7.25. The number of nitrogens with one attached hydrogen (secondary N) is 1. The number of unbranched alkanes of at least 4 members (excludes halogenated alkanes) is 1. The van der Waals surface area contributed by atoms with Crippen molar-refractivity contribution < 1.29 is 19.1 Å². The molecule has 244 valence electrons. The highest BCUT2D eigenvalue weighted by atomic mass is 35.5. The molecule has 1 saturated carbocycles. The van der Waals surface area contributed by atoms with Crippen LogP contribution in [0.2, 0.25) is 0 Å². The molecule has 1 aromatic carbocycles. The lowest BCUT2D eigenvalue weighted by molar-refractivity contribution is -0.162. The number of aromatic nitrogens is 2. The zero-order valence-electron chi connectivity index (χ0n) is 26.6. The molecule has 0 radical (unpaired) electrons. The molecule has 11 heteroatoms. The lowest BCUT2D eigenvalue weighted by atomic mass is 9.79. The SMILES string of the molecule is CCCCN1C(=O)[C@H](CC2CCCCC2)NC(=O)C12CCN(Cc1c(C)nn(-c3ccc(C(=O)OC)cc3)c1C)CC2.Cl.Cl. The van der Waals surface area contributed by atoms with Crippen molar-refractivity contribution in [3.63, 3.8) is 0 Å². The van der Waals surface area contributed by atoms with Crippen LogP contribution in [-0.2, 0) is 20.9 Å². The summed E-state index contributed by atoms with van der Waals surface area (Å²) in [6.07, 6.45) is 10.1. The van der Waals surface area contributed by atoms with Gasteiger partial charge in [-0.05, 0) is 69.7 Å². The van der Waals surface area contributed by atoms with Gasteiger partial charge in [0, 0.05) is 37.4 Å². The number of rotatable bonds is 9. The minimum atomic E-state index is -0.749. The smallest absolute Gasteiger partial charge is 0.337 e. The Balaban J connectivity index is 0.00000264. The van der Waals surface area contributed by atoms with Crippen LogP contribution in [0.1, 0.15) is 98.4 Å². The van der Waals surface area contributed by atoms with Crippen molar-refractivity contribution >= 4 is 42.6 Å². The summed E-state index contributed by atoms with van der Waals surface area (Å²) in [7, 11) is 1.38. The van der Waals surface area contributed by atoms with E-state index in [9.17, 15) is 14.4 Å². The summed E-state index contributed by atoms with van der Waals surface area (Å²) >= 11 is 0. The van der Waals surface area contributed by atoms with Gasteiger partial charge >= 0.3 is 5.97 Å². The van der Waals surface area contributed by atoms with Gasteiger partial charge in [-0.3, -0.25) is 14.5 Å². The van der Waals surface area contributed by atoms with E-state index < -0.39 is 5.54 Å². The van der Waals surface area contributed by atoms with E-state index in [1.54, 1.807) is 12.1 Å². The molecule has 9 nitrogen and oxygen atoms in total. The van der Waals surface area contributed by atoms with Gasteiger partial charge in [0.05, 0.1) is 24.1 Å². The van der Waals surface area contributed by atoms with Gasteiger partial charge in [-0.1, -0.05) is 45.4 Å². The Labute approximate surface area is 274 Å². The highest BCUT2D eigenvalue weighted by Crippen LogP contribution is 2.36. The van der Waals surface area contributed by atoms with Crippen molar-refractivity contribution in [3.8, 4) is 5.69 Å². The maximum Gasteiger partial charge on any atom is 0.337 e. The van der Waals surface area contributed by atoms with E-state index >= 15 is 0 Å². The number of aryl methyl sites for hydroxylation is 1. The first-order chi connectivity index (χ1) is 20.3. The number of halogens is 2. The standard InChI is InChI=1S/C33H47N5O4.2ClH/c1-5-6-18-37-30(39)29(21-25-10-8-7-9-11-25)34-32(41)33(37)16-19-36(20-17-33)22-28-23(2)35-38(24(28)3)27-14-12-26(13-15-27)31(40)42-4;;/h12-15,25,29H,5-11,16-22H2,1-4H3,(H,34,41);2*1H/t29-;;/m0../s1. The number of methoxy groups -OCH3 is 1. The van der Waals surface area contributed by atoms with Gasteiger partial charge in [0.25, 0.3) is 0 Å². The van der Waals surface area contributed by atoms with Gasteiger partial charge < -0.3 is 15.0 Å². The Morgan fingerprint density at radius 3 is 2.32 bits per heavy atom. The first-order valence-corrected chi connectivity index (χ1v) is 15.9. The predicted molar refractivity (Wildman–Crippen MR) is 176 cm³/mol. The van der Waals surface area contributed by atoms with Gasteiger partial charge in [-0.2, -0.15) is 5.10 Å². The number of likely N-dealkylation sites (tertiary alicyclic amines) is 1. The van der Waals surface area contributed by atoms with Crippen molar-refractivity contribution in [1.82, 2.24) is 24.9 Å². The third kappa shape index (κ3) is 7.26. The van der Waals surface area contributed by atoms with E-state index in [0.717, 1.165) is 56.0 Å². The summed E-state index contributed by atoms with van der Waals surface area (Å²) in [5.41, 5.74) is 3.83. The molecule has 2 amide bonds. The number of amides is 2. The summed E-state index contributed by atoms with van der Waals surface area (Å²) in [6, 6.07) is 6.89. The number of ether oxygens (including phenoxy) is 1. The topological polar surface area (TPSA) is 96.8 Å². The van der Waals surface area contributed by atoms with Crippen molar-refractivity contribution in [3.05, 3.63) is 46.8 Å². The van der Waals surface area contributed by atoms with Crippen molar-refractivity contribution in [2.75, 3.05) is 26.7 Å². The zero-order chi connectivity index (χ0) is 29.9. The van der Waals surface area contributed by atoms with Gasteiger partial charge in [-0.25, -0.2) is 9.48 Å². The van der Waals surface area contributed by atoms with Crippen LogP contribution in [0, 0.1) is 19.8 Å². The molecule has 0 bridgehead atoms. The average Bonchev–Trinajstić information content (AvgIpc) is 3.29. The molecule has 2 saturated heterocycles. The molecule has 0 unspecified atom stereocenters. The molecule has 5 rings (SSSR count). The molecular weight excluding hydrogens is 601 g/mol. The molecule has 1 atom stereocenters. The Bertz CT molecular complexity index is 1280. The van der Waals surface area contributed by atoms with E-state index in [1.807, 2.05) is 28.6 Å². The summed E-state index contributed by atoms with van der Waals surface area (Å²) in [5.74, 6) is 0.359. The number of hydrogen-bond donors (Lipinski definition) is 1. The molecule has 3 fully saturated rings. The quantitative estimate of drug-likeness (QED) is 0.358. The fraction of sp³-hybridized carbons (Fsp3) is 0.636. The molecule has 1 N–H and O–H groups in total. The molecule has 3 heterocycles. The minimum absolute atomic E-state index is 0. The van der Waals surface area contributed by atoms with Crippen LogP contribution in [0.4, 0.5) is 0 Å². The number of carbonyl (C=O) groups excluding carboxylic acids is 3. The number of piperazine rings is 1. The summed E-state index contributed by atoms with van der Waals surface area (Å²) < 4.78 is 6.74. The first kappa shape index (κ1) is 35.9. The number of benzene rings is 1. The normalized spacial score (nSPS) is 20.5. The van der Waals surface area contributed by atoms with Gasteiger partial charge in [0.15, 0.2) is 0 Å². The molecule has 1 spiro atoms. The van der Waals surface area contributed by atoms with Crippen LogP contribution in [0.3, 0.4) is 0 Å². The highest BCUT2D eigenvalue weighted by Gasteiger charge is 2.53. The maximum atomic E-state index is 13.9. The summed E-state index contributed by atoms with van der Waals surface area (Å²) in [5, 5.41) is 8.01. The molecule has 2 aliphatic heterocycles. The second-order valence-corrected chi connectivity index (χ2v) is 12.5. The third-order valence-electron chi connectivity index (χ3n) is 9.88. The number of hydrogen-bond acceptors (Lipinski definition) is 6. The summed E-state index contributed by atoms with van der Waals surface area (Å²) in [4.78, 5) is 43.9. The number of nitrogens with zero attached hydrogens (tertiary/aromatic N) is 4. The van der Waals surface area contributed by atoms with Gasteiger partial charge in [0.2, 0.25) is 11.8 Å². The van der Waals surface area contributed by atoms with Crippen molar-refractivity contribution in [2.45, 2.75) is 103 Å². The lowest BCUT2D eigenvalue weighted by Gasteiger charge is -2.52. The van der Waals surface area contributed by atoms with E-state index in [0.29, 0.717) is 30.9 Å². The molecule has 3 aliphatic rings. The fourth-order valence-electron chi connectivity index (χ4n) is 7.25. The predicted octanol–water partition coefficient (Wildman–Crippen LogP) is 5.55. The molecular formula is C33H49Cl2N5O4. The van der Waals surface area contributed by atoms with Crippen molar-refractivity contribution in [2.24, 2.45) is 5.92 Å². The van der Waals surface area contributed by atoms with Crippen LogP contribution in [0.25, 0.3) is 5.69 Å². The van der Waals surface area contributed by atoms with Gasteiger partial charge in [0.1, 0.15) is 11.6 Å². The molecule has 2 aromatic rings. The molecule has 44 heavy (non-hydrogen) atoms. The van der Waals surface area contributed by atoms with E-state index in [2.05, 4.69) is 24.1 Å². The lowest BCUT2D eigenvalue weighted by Crippen LogP contribution is -2.73. The maximum absolute atomic E-state index is 13.9. The second-order valence-electron chi connectivity index (χ2n) is 12.5. The number of carbonyl (C=O) groups is 3. The van der Waals surface area contributed by atoms with Crippen LogP contribution < -0.4 is 5.32 Å².